The molecule has 1 aliphatic carbocycles. The molecule has 0 radical (unpaired) electrons. The van der Waals surface area contributed by atoms with Crippen LogP contribution in [0.5, 0.6) is 0 Å². The zero-order valence-electron chi connectivity index (χ0n) is 11.1. The Morgan fingerprint density at radius 1 is 1.61 bits per heavy atom. The number of oxime groups is 1. The van der Waals surface area contributed by atoms with Crippen LogP contribution in [0.4, 0.5) is 0 Å². The molecule has 18 heavy (non-hydrogen) atoms. The lowest BCUT2D eigenvalue weighted by Crippen LogP contribution is -2.41. The molecule has 0 aromatic carbocycles. The standard InChI is InChI=1S/C12H23N3O3/c1-3-9(10(13)15-17)11(16)14-8-12(4-5-12)6-7-18-2/h9,17H,3-8H2,1-2H3,(H2,13,15)(H,14,16). The van der Waals surface area contributed by atoms with Gasteiger partial charge in [-0.25, -0.2) is 0 Å². The van der Waals surface area contributed by atoms with E-state index in [1.807, 2.05) is 6.92 Å². The maximum absolute atomic E-state index is 11.9. The number of hydrogen-bond donors (Lipinski definition) is 3. The van der Waals surface area contributed by atoms with Crippen molar-refractivity contribution in [1.82, 2.24) is 5.32 Å². The molecule has 1 aliphatic rings. The van der Waals surface area contributed by atoms with Crippen LogP contribution in [0.1, 0.15) is 32.6 Å². The highest BCUT2D eigenvalue weighted by Crippen LogP contribution is 2.48. The molecule has 1 amide bonds. The van der Waals surface area contributed by atoms with Crippen LogP contribution in [0, 0.1) is 11.3 Å². The average molecular weight is 257 g/mol. The number of rotatable bonds is 8. The van der Waals surface area contributed by atoms with Crippen LogP contribution < -0.4 is 11.1 Å². The van der Waals surface area contributed by atoms with Crippen molar-refractivity contribution in [2.24, 2.45) is 22.2 Å². The van der Waals surface area contributed by atoms with E-state index in [4.69, 9.17) is 15.7 Å². The minimum absolute atomic E-state index is 0.0308. The van der Waals surface area contributed by atoms with Crippen molar-refractivity contribution in [3.8, 4) is 0 Å². The van der Waals surface area contributed by atoms with Crippen molar-refractivity contribution in [2.45, 2.75) is 32.6 Å². The van der Waals surface area contributed by atoms with Crippen LogP contribution >= 0.6 is 0 Å². The van der Waals surface area contributed by atoms with E-state index in [9.17, 15) is 4.79 Å². The summed E-state index contributed by atoms with van der Waals surface area (Å²) >= 11 is 0. The maximum Gasteiger partial charge on any atom is 0.230 e. The molecule has 0 saturated heterocycles. The number of nitrogens with zero attached hydrogens (tertiary/aromatic N) is 1. The average Bonchev–Trinajstić information content (AvgIpc) is 3.15. The molecule has 0 aliphatic heterocycles. The summed E-state index contributed by atoms with van der Waals surface area (Å²) in [6.07, 6.45) is 3.73. The molecular weight excluding hydrogens is 234 g/mol. The van der Waals surface area contributed by atoms with Crippen molar-refractivity contribution in [3.05, 3.63) is 0 Å². The SMILES string of the molecule is CCC(C(=O)NCC1(CCOC)CC1)C(N)=NO. The summed E-state index contributed by atoms with van der Waals surface area (Å²) in [5, 5.41) is 14.4. The van der Waals surface area contributed by atoms with Crippen molar-refractivity contribution in [3.63, 3.8) is 0 Å². The molecule has 0 spiro atoms. The summed E-state index contributed by atoms with van der Waals surface area (Å²) < 4.78 is 5.06. The zero-order chi connectivity index (χ0) is 13.6. The van der Waals surface area contributed by atoms with Gasteiger partial charge in [0.25, 0.3) is 0 Å². The molecule has 1 atom stereocenters. The quantitative estimate of drug-likeness (QED) is 0.258. The van der Waals surface area contributed by atoms with Crippen molar-refractivity contribution < 1.29 is 14.7 Å². The largest absolute Gasteiger partial charge is 0.409 e. The molecule has 104 valence electrons. The number of hydrogen-bond acceptors (Lipinski definition) is 4. The lowest BCUT2D eigenvalue weighted by atomic mass is 10.0. The van der Waals surface area contributed by atoms with Crippen LogP contribution in [0.2, 0.25) is 0 Å². The van der Waals surface area contributed by atoms with Gasteiger partial charge in [-0.3, -0.25) is 4.79 Å². The summed E-state index contributed by atoms with van der Waals surface area (Å²) in [6.45, 7) is 3.19. The van der Waals surface area contributed by atoms with E-state index in [1.165, 1.54) is 0 Å². The summed E-state index contributed by atoms with van der Waals surface area (Å²) in [6, 6.07) is 0. The van der Waals surface area contributed by atoms with Gasteiger partial charge in [0.05, 0.1) is 5.92 Å². The third-order valence-corrected chi connectivity index (χ3v) is 3.63. The second kappa shape index (κ2) is 6.58. The Hall–Kier alpha value is -1.30. The normalized spacial score (nSPS) is 19.3. The second-order valence-electron chi connectivity index (χ2n) is 4.95. The summed E-state index contributed by atoms with van der Waals surface area (Å²) in [7, 11) is 1.68. The number of nitrogens with one attached hydrogen (secondary N) is 1. The van der Waals surface area contributed by atoms with E-state index in [0.717, 1.165) is 19.3 Å². The number of nitrogens with two attached hydrogens (primary N) is 1. The lowest BCUT2D eigenvalue weighted by molar-refractivity contribution is -0.123. The Morgan fingerprint density at radius 2 is 2.28 bits per heavy atom. The number of amides is 1. The smallest absolute Gasteiger partial charge is 0.230 e. The lowest BCUT2D eigenvalue weighted by Gasteiger charge is -2.18. The van der Waals surface area contributed by atoms with Gasteiger partial charge >= 0.3 is 0 Å². The minimum Gasteiger partial charge on any atom is -0.409 e. The molecule has 6 heteroatoms. The molecule has 1 unspecified atom stereocenters. The first-order chi connectivity index (χ1) is 8.58. The summed E-state index contributed by atoms with van der Waals surface area (Å²) in [5.41, 5.74) is 5.69. The van der Waals surface area contributed by atoms with E-state index >= 15 is 0 Å². The Labute approximate surface area is 108 Å². The molecule has 1 fully saturated rings. The van der Waals surface area contributed by atoms with Crippen molar-refractivity contribution >= 4 is 11.7 Å². The number of amidine groups is 1. The van der Waals surface area contributed by atoms with E-state index in [-0.39, 0.29) is 17.2 Å². The van der Waals surface area contributed by atoms with E-state index in [1.54, 1.807) is 7.11 Å². The molecule has 0 bridgehead atoms. The van der Waals surface area contributed by atoms with Gasteiger partial charge in [0, 0.05) is 20.3 Å². The minimum atomic E-state index is -0.548. The van der Waals surface area contributed by atoms with Gasteiger partial charge in [0.2, 0.25) is 5.91 Å². The highest BCUT2D eigenvalue weighted by molar-refractivity contribution is 6.01. The third-order valence-electron chi connectivity index (χ3n) is 3.63. The van der Waals surface area contributed by atoms with Crippen LogP contribution in [-0.2, 0) is 9.53 Å². The first kappa shape index (κ1) is 14.8. The van der Waals surface area contributed by atoms with Gasteiger partial charge in [-0.15, -0.1) is 0 Å². The fourth-order valence-corrected chi connectivity index (χ4v) is 2.01. The molecule has 0 aromatic heterocycles. The van der Waals surface area contributed by atoms with Crippen molar-refractivity contribution in [2.75, 3.05) is 20.3 Å². The molecular formula is C12H23N3O3. The van der Waals surface area contributed by atoms with E-state index < -0.39 is 5.92 Å². The molecule has 6 nitrogen and oxygen atoms in total. The molecule has 1 rings (SSSR count). The fraction of sp³-hybridized carbons (Fsp3) is 0.833. The molecule has 4 N–H and O–H groups in total. The fourth-order valence-electron chi connectivity index (χ4n) is 2.01. The van der Waals surface area contributed by atoms with Gasteiger partial charge in [-0.05, 0) is 31.1 Å². The summed E-state index contributed by atoms with van der Waals surface area (Å²) in [4.78, 5) is 11.9. The highest BCUT2D eigenvalue weighted by atomic mass is 16.5. The molecule has 1 saturated carbocycles. The summed E-state index contributed by atoms with van der Waals surface area (Å²) in [5.74, 6) is -0.749. The van der Waals surface area contributed by atoms with Crippen LogP contribution in [0.25, 0.3) is 0 Å². The number of ether oxygens (including phenoxy) is 1. The first-order valence-corrected chi connectivity index (χ1v) is 6.32. The maximum atomic E-state index is 11.9. The second-order valence-corrected chi connectivity index (χ2v) is 4.95. The Bertz CT molecular complexity index is 314. The van der Waals surface area contributed by atoms with Crippen LogP contribution in [0.15, 0.2) is 5.16 Å². The Morgan fingerprint density at radius 3 is 2.72 bits per heavy atom. The van der Waals surface area contributed by atoms with Gasteiger partial charge < -0.3 is 21.0 Å². The van der Waals surface area contributed by atoms with Crippen molar-refractivity contribution in [1.29, 1.82) is 0 Å². The monoisotopic (exact) mass is 257 g/mol. The number of carbonyl (C=O) groups excluding carboxylic acids is 1. The van der Waals surface area contributed by atoms with E-state index in [2.05, 4.69) is 10.5 Å². The predicted molar refractivity (Wildman–Crippen MR) is 68.4 cm³/mol. The predicted octanol–water partition coefficient (Wildman–Crippen LogP) is 0.692. The van der Waals surface area contributed by atoms with Crippen LogP contribution in [0.3, 0.4) is 0 Å². The first-order valence-electron chi connectivity index (χ1n) is 6.32. The highest BCUT2D eigenvalue weighted by Gasteiger charge is 2.42. The number of carbonyl (C=O) groups is 1. The molecule has 0 heterocycles. The zero-order valence-corrected chi connectivity index (χ0v) is 11.1. The topological polar surface area (TPSA) is 96.9 Å². The third kappa shape index (κ3) is 3.87. The Kier molecular flexibility index (Phi) is 5.40. The van der Waals surface area contributed by atoms with Gasteiger partial charge in [-0.1, -0.05) is 12.1 Å². The van der Waals surface area contributed by atoms with E-state index in [0.29, 0.717) is 19.6 Å². The van der Waals surface area contributed by atoms with Crippen LogP contribution in [-0.4, -0.2) is 37.2 Å². The van der Waals surface area contributed by atoms with Gasteiger partial charge in [0.15, 0.2) is 5.84 Å². The number of methoxy groups -OCH3 is 1. The van der Waals surface area contributed by atoms with Gasteiger partial charge in [0.1, 0.15) is 0 Å². The van der Waals surface area contributed by atoms with Gasteiger partial charge in [-0.2, -0.15) is 0 Å². The molecule has 0 aromatic rings. The Balaban J connectivity index is 2.40.